The summed E-state index contributed by atoms with van der Waals surface area (Å²) in [6.07, 6.45) is 6.49. The number of nitrogens with one attached hydrogen (secondary N) is 1. The number of esters is 1. The van der Waals surface area contributed by atoms with Crippen molar-refractivity contribution in [2.45, 2.75) is 72.8 Å². The molecule has 2 aromatic rings. The van der Waals surface area contributed by atoms with Gasteiger partial charge in [0.2, 0.25) is 0 Å². The normalized spacial score (nSPS) is 14.4. The van der Waals surface area contributed by atoms with Crippen LogP contribution in [0.4, 0.5) is 0 Å². The second-order valence-corrected chi connectivity index (χ2v) is 9.31. The summed E-state index contributed by atoms with van der Waals surface area (Å²) in [6, 6.07) is 3.98. The van der Waals surface area contributed by atoms with Gasteiger partial charge in [-0.15, -0.1) is 11.3 Å². The second-order valence-electron chi connectivity index (χ2n) is 8.23. The number of fused-ring (bicyclic) bond motifs is 1. The van der Waals surface area contributed by atoms with Crippen LogP contribution < -0.4 is 5.32 Å². The quantitative estimate of drug-likeness (QED) is 0.362. The lowest BCUT2D eigenvalue weighted by Gasteiger charge is -2.13. The predicted octanol–water partition coefficient (Wildman–Crippen LogP) is 5.03. The van der Waals surface area contributed by atoms with Crippen LogP contribution in [0.25, 0.3) is 11.1 Å². The number of carbonyl (C=O) groups is 2. The number of hydrogen-bond donors (Lipinski definition) is 1. The lowest BCUT2D eigenvalue weighted by atomic mass is 9.95. The van der Waals surface area contributed by atoms with Crippen LogP contribution in [0.2, 0.25) is 0 Å². The van der Waals surface area contributed by atoms with E-state index in [1.807, 2.05) is 46.8 Å². The first kappa shape index (κ1) is 23.8. The van der Waals surface area contributed by atoms with E-state index in [1.54, 1.807) is 17.4 Å². The molecule has 0 aromatic carbocycles. The highest BCUT2D eigenvalue weighted by Gasteiger charge is 2.28. The molecule has 0 unspecified atom stereocenters. The molecule has 0 fully saturated rings. The molecule has 1 N–H and O–H groups in total. The van der Waals surface area contributed by atoms with E-state index in [0.717, 1.165) is 59.6 Å². The minimum absolute atomic E-state index is 0.00347. The van der Waals surface area contributed by atoms with Crippen LogP contribution in [0.3, 0.4) is 0 Å². The van der Waals surface area contributed by atoms with Crippen LogP contribution in [-0.4, -0.2) is 29.1 Å². The predicted molar refractivity (Wildman–Crippen MR) is 127 cm³/mol. The maximum Gasteiger partial charge on any atom is 0.341 e. The van der Waals surface area contributed by atoms with Gasteiger partial charge in [0, 0.05) is 22.3 Å². The van der Waals surface area contributed by atoms with Gasteiger partial charge in [-0.05, 0) is 83.1 Å². The molecular weight excluding hydrogens is 422 g/mol. The molecule has 3 rings (SSSR count). The number of carbonyl (C=O) groups excluding carboxylic acids is 2. The molecule has 0 saturated carbocycles. The molecule has 1 amide bonds. The SMILES string of the molecule is CCOC(=O)c1c(-n2c(C)cc(/C=C(\C#N)C(=O)N[C@H](C)CC)c2C)sc2c1CCCC2. The van der Waals surface area contributed by atoms with Gasteiger partial charge in [-0.1, -0.05) is 6.92 Å². The van der Waals surface area contributed by atoms with Gasteiger partial charge in [0.05, 0.1) is 12.2 Å². The number of rotatable bonds is 7. The van der Waals surface area contributed by atoms with Gasteiger partial charge in [-0.3, -0.25) is 4.79 Å². The van der Waals surface area contributed by atoms with Crippen LogP contribution in [0.15, 0.2) is 11.6 Å². The highest BCUT2D eigenvalue weighted by atomic mass is 32.1. The van der Waals surface area contributed by atoms with E-state index in [0.29, 0.717) is 12.2 Å². The molecule has 0 bridgehead atoms. The first-order valence-electron chi connectivity index (χ1n) is 11.3. The number of thiophene rings is 1. The van der Waals surface area contributed by atoms with E-state index < -0.39 is 0 Å². The van der Waals surface area contributed by atoms with E-state index in [9.17, 15) is 14.9 Å². The zero-order chi connectivity index (χ0) is 23.4. The van der Waals surface area contributed by atoms with Gasteiger partial charge in [-0.2, -0.15) is 5.26 Å². The minimum Gasteiger partial charge on any atom is -0.462 e. The monoisotopic (exact) mass is 453 g/mol. The molecule has 6 nitrogen and oxygen atoms in total. The van der Waals surface area contributed by atoms with Gasteiger partial charge >= 0.3 is 5.97 Å². The fourth-order valence-electron chi connectivity index (χ4n) is 4.08. The van der Waals surface area contributed by atoms with Crippen molar-refractivity contribution in [2.24, 2.45) is 0 Å². The molecule has 1 atom stereocenters. The van der Waals surface area contributed by atoms with E-state index in [1.165, 1.54) is 4.88 Å². The third-order valence-corrected chi connectivity index (χ3v) is 7.24. The molecule has 32 heavy (non-hydrogen) atoms. The summed E-state index contributed by atoms with van der Waals surface area (Å²) in [6.45, 7) is 9.97. The Hall–Kier alpha value is -2.85. The zero-order valence-electron chi connectivity index (χ0n) is 19.5. The van der Waals surface area contributed by atoms with Gasteiger partial charge in [-0.25, -0.2) is 4.79 Å². The van der Waals surface area contributed by atoms with Gasteiger partial charge < -0.3 is 14.6 Å². The van der Waals surface area contributed by atoms with E-state index >= 15 is 0 Å². The Bertz CT molecular complexity index is 1100. The summed E-state index contributed by atoms with van der Waals surface area (Å²) in [5, 5.41) is 13.3. The van der Waals surface area contributed by atoms with Crippen molar-refractivity contribution in [3.05, 3.63) is 44.6 Å². The molecule has 1 aliphatic carbocycles. The Labute approximate surface area is 193 Å². The Morgan fingerprint density at radius 3 is 2.69 bits per heavy atom. The van der Waals surface area contributed by atoms with Crippen LogP contribution >= 0.6 is 11.3 Å². The highest BCUT2D eigenvalue weighted by molar-refractivity contribution is 7.15. The molecule has 0 saturated heterocycles. The average molecular weight is 454 g/mol. The molecule has 7 heteroatoms. The van der Waals surface area contributed by atoms with E-state index in [2.05, 4.69) is 9.88 Å². The maximum atomic E-state index is 12.9. The van der Waals surface area contributed by atoms with Gasteiger partial charge in [0.15, 0.2) is 0 Å². The number of aromatic nitrogens is 1. The van der Waals surface area contributed by atoms with Crippen molar-refractivity contribution in [1.29, 1.82) is 5.26 Å². The van der Waals surface area contributed by atoms with Crippen LogP contribution in [0.5, 0.6) is 0 Å². The zero-order valence-corrected chi connectivity index (χ0v) is 20.3. The van der Waals surface area contributed by atoms with Crippen molar-refractivity contribution < 1.29 is 14.3 Å². The van der Waals surface area contributed by atoms with Crippen LogP contribution in [0.1, 0.15) is 77.8 Å². The standard InChI is InChI=1S/C25H31N3O3S/c1-6-15(3)27-23(29)19(14-26)13-18-12-16(4)28(17(18)5)24-22(25(30)31-7-2)20-10-8-9-11-21(20)32-24/h12-13,15H,6-11H2,1-5H3,(H,27,29)/b19-13+/t15-/m1/s1. The Kier molecular flexibility index (Phi) is 7.57. The summed E-state index contributed by atoms with van der Waals surface area (Å²) in [4.78, 5) is 26.7. The molecule has 0 radical (unpaired) electrons. The average Bonchev–Trinajstić information content (AvgIpc) is 3.28. The number of hydrogen-bond acceptors (Lipinski definition) is 5. The fraction of sp³-hybridized carbons (Fsp3) is 0.480. The number of aryl methyl sites for hydroxylation is 2. The smallest absolute Gasteiger partial charge is 0.341 e. The lowest BCUT2D eigenvalue weighted by molar-refractivity contribution is -0.117. The third-order valence-electron chi connectivity index (χ3n) is 5.96. The first-order valence-corrected chi connectivity index (χ1v) is 12.1. The number of nitrogens with zero attached hydrogens (tertiary/aromatic N) is 2. The number of nitriles is 1. The summed E-state index contributed by atoms with van der Waals surface area (Å²) >= 11 is 1.65. The molecule has 0 aliphatic heterocycles. The van der Waals surface area contributed by atoms with Crippen molar-refractivity contribution in [3.63, 3.8) is 0 Å². The minimum atomic E-state index is -0.370. The summed E-state index contributed by atoms with van der Waals surface area (Å²) in [7, 11) is 0. The highest BCUT2D eigenvalue weighted by Crippen LogP contribution is 2.39. The number of amides is 1. The van der Waals surface area contributed by atoms with Crippen LogP contribution in [-0.2, 0) is 22.4 Å². The van der Waals surface area contributed by atoms with Crippen molar-refractivity contribution in [3.8, 4) is 11.1 Å². The van der Waals surface area contributed by atoms with Crippen LogP contribution in [0, 0.1) is 25.2 Å². The first-order chi connectivity index (χ1) is 15.3. The Morgan fingerprint density at radius 1 is 1.31 bits per heavy atom. The van der Waals surface area contributed by atoms with E-state index in [-0.39, 0.29) is 23.5 Å². The Morgan fingerprint density at radius 2 is 2.03 bits per heavy atom. The fourth-order valence-corrected chi connectivity index (χ4v) is 5.56. The largest absolute Gasteiger partial charge is 0.462 e. The summed E-state index contributed by atoms with van der Waals surface area (Å²) in [5.74, 6) is -0.650. The molecule has 0 spiro atoms. The van der Waals surface area contributed by atoms with Gasteiger partial charge in [0.1, 0.15) is 16.6 Å². The topological polar surface area (TPSA) is 84.1 Å². The molecule has 2 heterocycles. The van der Waals surface area contributed by atoms with Gasteiger partial charge in [0.25, 0.3) is 5.91 Å². The third kappa shape index (κ3) is 4.66. The summed E-state index contributed by atoms with van der Waals surface area (Å²) in [5.41, 5.74) is 4.47. The molecule has 2 aromatic heterocycles. The number of ether oxygens (including phenoxy) is 1. The summed E-state index contributed by atoms with van der Waals surface area (Å²) < 4.78 is 7.47. The molecule has 170 valence electrons. The maximum absolute atomic E-state index is 12.9. The van der Waals surface area contributed by atoms with Crippen molar-refractivity contribution >= 4 is 29.3 Å². The molecule has 1 aliphatic rings. The van der Waals surface area contributed by atoms with E-state index in [4.69, 9.17) is 4.74 Å². The lowest BCUT2D eigenvalue weighted by Crippen LogP contribution is -2.32. The Balaban J connectivity index is 2.09. The van der Waals surface area contributed by atoms with Crippen molar-refractivity contribution in [1.82, 2.24) is 9.88 Å². The second kappa shape index (κ2) is 10.2. The molecular formula is C25H31N3O3S. The van der Waals surface area contributed by atoms with Crippen molar-refractivity contribution in [2.75, 3.05) is 6.61 Å².